The zero-order valence-corrected chi connectivity index (χ0v) is 15.1. The third kappa shape index (κ3) is 4.91. The van der Waals surface area contributed by atoms with Crippen molar-refractivity contribution in [2.45, 2.75) is 6.61 Å². The number of carbonyl (C=O) groups excluding carboxylic acids is 1. The van der Waals surface area contributed by atoms with Gasteiger partial charge < -0.3 is 4.74 Å². The first-order chi connectivity index (χ1) is 12.6. The predicted molar refractivity (Wildman–Crippen MR) is 102 cm³/mol. The third-order valence-electron chi connectivity index (χ3n) is 3.39. The molecule has 0 atom stereocenters. The van der Waals surface area contributed by atoms with Gasteiger partial charge in [-0.15, -0.1) is 11.3 Å². The molecule has 1 amide bonds. The Morgan fingerprint density at radius 1 is 1.15 bits per heavy atom. The van der Waals surface area contributed by atoms with Crippen molar-refractivity contribution >= 4 is 35.1 Å². The molecule has 0 aliphatic carbocycles. The molecule has 0 unspecified atom stereocenters. The lowest BCUT2D eigenvalue weighted by Crippen LogP contribution is -2.17. The summed E-state index contributed by atoms with van der Waals surface area (Å²) in [6.45, 7) is 0.241. The zero-order chi connectivity index (χ0) is 18.4. The first kappa shape index (κ1) is 18.1. The fraction of sp³-hybridized carbons (Fsp3) is 0.0526. The second-order valence-corrected chi connectivity index (χ2v) is 6.63. The van der Waals surface area contributed by atoms with E-state index < -0.39 is 0 Å². The van der Waals surface area contributed by atoms with E-state index >= 15 is 0 Å². The topological polar surface area (TPSA) is 50.7 Å². The quantitative estimate of drug-likeness (QED) is 0.483. The summed E-state index contributed by atoms with van der Waals surface area (Å²) in [4.78, 5) is 12.7. The summed E-state index contributed by atoms with van der Waals surface area (Å²) in [7, 11) is 0. The second-order valence-electron chi connectivity index (χ2n) is 5.28. The van der Waals surface area contributed by atoms with Crippen LogP contribution in [0.5, 0.6) is 5.75 Å². The van der Waals surface area contributed by atoms with Gasteiger partial charge in [-0.25, -0.2) is 9.82 Å². The monoisotopic (exact) mass is 388 g/mol. The standard InChI is InChI=1S/C19H14ClFN2O2S/c20-15-5-1-13(2-6-15)11-22-23-19(24)18-17(9-10-26-18)25-12-14-3-7-16(21)8-4-14/h1-11H,12H2,(H,23,24)/b22-11+. The largest absolute Gasteiger partial charge is 0.487 e. The Balaban J connectivity index is 1.59. The number of benzene rings is 2. The molecule has 0 spiro atoms. The third-order valence-corrected chi connectivity index (χ3v) is 4.54. The zero-order valence-electron chi connectivity index (χ0n) is 13.5. The molecule has 0 fully saturated rings. The Bertz CT molecular complexity index is 908. The molecule has 1 heterocycles. The van der Waals surface area contributed by atoms with Crippen LogP contribution in [0, 0.1) is 5.82 Å². The molecule has 0 aliphatic heterocycles. The number of carbonyl (C=O) groups is 1. The van der Waals surface area contributed by atoms with E-state index in [1.165, 1.54) is 29.7 Å². The first-order valence-corrected chi connectivity index (χ1v) is 8.91. The minimum absolute atomic E-state index is 0.241. The molecule has 1 aromatic heterocycles. The maximum Gasteiger partial charge on any atom is 0.285 e. The molecule has 3 aromatic rings. The van der Waals surface area contributed by atoms with E-state index in [0.29, 0.717) is 15.6 Å². The van der Waals surface area contributed by atoms with Crippen LogP contribution in [0.2, 0.25) is 5.02 Å². The molecule has 0 radical (unpaired) electrons. The van der Waals surface area contributed by atoms with Gasteiger partial charge in [0, 0.05) is 5.02 Å². The van der Waals surface area contributed by atoms with Crippen LogP contribution in [-0.2, 0) is 6.61 Å². The molecule has 0 bridgehead atoms. The van der Waals surface area contributed by atoms with Crippen molar-refractivity contribution in [3.63, 3.8) is 0 Å². The van der Waals surface area contributed by atoms with Crippen molar-refractivity contribution < 1.29 is 13.9 Å². The number of thiophene rings is 1. The molecule has 3 rings (SSSR count). The molecule has 1 N–H and O–H groups in total. The Kier molecular flexibility index (Phi) is 5.99. The Labute approximate surface area is 158 Å². The lowest BCUT2D eigenvalue weighted by molar-refractivity contribution is 0.0955. The highest BCUT2D eigenvalue weighted by atomic mass is 35.5. The van der Waals surface area contributed by atoms with Gasteiger partial charge in [-0.2, -0.15) is 5.10 Å². The molecule has 132 valence electrons. The molecule has 26 heavy (non-hydrogen) atoms. The normalized spacial score (nSPS) is 10.8. The van der Waals surface area contributed by atoms with E-state index in [0.717, 1.165) is 11.1 Å². The van der Waals surface area contributed by atoms with Crippen molar-refractivity contribution in [3.8, 4) is 5.75 Å². The smallest absolute Gasteiger partial charge is 0.285 e. The highest BCUT2D eigenvalue weighted by Crippen LogP contribution is 2.25. The number of hydrogen-bond donors (Lipinski definition) is 1. The van der Waals surface area contributed by atoms with Crippen molar-refractivity contribution in [1.29, 1.82) is 0 Å². The van der Waals surface area contributed by atoms with Crippen molar-refractivity contribution in [3.05, 3.63) is 86.8 Å². The summed E-state index contributed by atoms with van der Waals surface area (Å²) in [5.41, 5.74) is 4.10. The number of hydrazone groups is 1. The summed E-state index contributed by atoms with van der Waals surface area (Å²) >= 11 is 7.07. The minimum Gasteiger partial charge on any atom is -0.487 e. The predicted octanol–water partition coefficient (Wildman–Crippen LogP) is 4.88. The molecule has 0 saturated heterocycles. The first-order valence-electron chi connectivity index (χ1n) is 7.65. The van der Waals surface area contributed by atoms with Crippen molar-refractivity contribution in [1.82, 2.24) is 5.43 Å². The number of nitrogens with zero attached hydrogens (tertiary/aromatic N) is 1. The van der Waals surface area contributed by atoms with Gasteiger partial charge >= 0.3 is 0 Å². The fourth-order valence-electron chi connectivity index (χ4n) is 2.08. The van der Waals surface area contributed by atoms with E-state index in [9.17, 15) is 9.18 Å². The summed E-state index contributed by atoms with van der Waals surface area (Å²) in [5, 5.41) is 6.33. The van der Waals surface area contributed by atoms with E-state index in [1.807, 2.05) is 0 Å². The van der Waals surface area contributed by atoms with Crippen LogP contribution in [0.25, 0.3) is 0 Å². The maximum atomic E-state index is 12.9. The average molecular weight is 389 g/mol. The van der Waals surface area contributed by atoms with Crippen LogP contribution >= 0.6 is 22.9 Å². The summed E-state index contributed by atoms with van der Waals surface area (Å²) in [6.07, 6.45) is 1.53. The van der Waals surface area contributed by atoms with Gasteiger partial charge in [0.2, 0.25) is 0 Å². The number of hydrogen-bond acceptors (Lipinski definition) is 4. The summed E-state index contributed by atoms with van der Waals surface area (Å²) in [5.74, 6) is -0.208. The Hall–Kier alpha value is -2.70. The molecular weight excluding hydrogens is 375 g/mol. The Morgan fingerprint density at radius 2 is 1.88 bits per heavy atom. The van der Waals surface area contributed by atoms with Gasteiger partial charge in [-0.05, 0) is 46.8 Å². The van der Waals surface area contributed by atoms with Gasteiger partial charge in [0.15, 0.2) is 0 Å². The highest BCUT2D eigenvalue weighted by molar-refractivity contribution is 7.12. The van der Waals surface area contributed by atoms with Crippen LogP contribution < -0.4 is 10.2 Å². The van der Waals surface area contributed by atoms with E-state index in [2.05, 4.69) is 10.5 Å². The molecule has 0 saturated carbocycles. The van der Waals surface area contributed by atoms with Crippen LogP contribution in [0.3, 0.4) is 0 Å². The second kappa shape index (κ2) is 8.60. The SMILES string of the molecule is O=C(N/N=C/c1ccc(Cl)cc1)c1sccc1OCc1ccc(F)cc1. The number of amides is 1. The van der Waals surface area contributed by atoms with E-state index in [1.54, 1.807) is 47.8 Å². The average Bonchev–Trinajstić information content (AvgIpc) is 3.11. The number of nitrogens with one attached hydrogen (secondary N) is 1. The number of halogens is 2. The molecule has 4 nitrogen and oxygen atoms in total. The lowest BCUT2D eigenvalue weighted by Gasteiger charge is -2.06. The van der Waals surface area contributed by atoms with Crippen LogP contribution in [0.4, 0.5) is 4.39 Å². The lowest BCUT2D eigenvalue weighted by atomic mass is 10.2. The minimum atomic E-state index is -0.362. The van der Waals surface area contributed by atoms with Crippen LogP contribution in [0.15, 0.2) is 65.1 Å². The van der Waals surface area contributed by atoms with Crippen molar-refractivity contribution in [2.75, 3.05) is 0 Å². The molecule has 7 heteroatoms. The molecule has 2 aromatic carbocycles. The van der Waals surface area contributed by atoms with Gasteiger partial charge in [-0.1, -0.05) is 35.9 Å². The van der Waals surface area contributed by atoms with Gasteiger partial charge in [-0.3, -0.25) is 4.79 Å². The number of rotatable bonds is 6. The summed E-state index contributed by atoms with van der Waals surface area (Å²) < 4.78 is 18.6. The van der Waals surface area contributed by atoms with E-state index in [-0.39, 0.29) is 18.3 Å². The Morgan fingerprint density at radius 3 is 2.62 bits per heavy atom. The van der Waals surface area contributed by atoms with E-state index in [4.69, 9.17) is 16.3 Å². The molecule has 0 aliphatic rings. The van der Waals surface area contributed by atoms with Crippen LogP contribution in [0.1, 0.15) is 20.8 Å². The highest BCUT2D eigenvalue weighted by Gasteiger charge is 2.14. The van der Waals surface area contributed by atoms with Gasteiger partial charge in [0.1, 0.15) is 23.1 Å². The van der Waals surface area contributed by atoms with Crippen LogP contribution in [-0.4, -0.2) is 12.1 Å². The fourth-order valence-corrected chi connectivity index (χ4v) is 2.93. The molecular formula is C19H14ClFN2O2S. The van der Waals surface area contributed by atoms with Gasteiger partial charge in [0.05, 0.1) is 6.21 Å². The number of ether oxygens (including phenoxy) is 1. The maximum absolute atomic E-state index is 12.9. The van der Waals surface area contributed by atoms with Gasteiger partial charge in [0.25, 0.3) is 5.91 Å². The summed E-state index contributed by atoms with van der Waals surface area (Å²) in [6, 6.07) is 14.8. The van der Waals surface area contributed by atoms with Crippen molar-refractivity contribution in [2.24, 2.45) is 5.10 Å².